The van der Waals surface area contributed by atoms with Crippen LogP contribution in [0.25, 0.3) is 11.1 Å². The maximum Gasteiger partial charge on any atom is 0.307 e. The third-order valence-electron chi connectivity index (χ3n) is 4.90. The van der Waals surface area contributed by atoms with Gasteiger partial charge < -0.3 is 10.5 Å². The quantitative estimate of drug-likeness (QED) is 0.258. The normalized spacial score (nSPS) is 11.5. The third kappa shape index (κ3) is 7.11. The van der Waals surface area contributed by atoms with Crippen LogP contribution >= 0.6 is 12.4 Å². The van der Waals surface area contributed by atoms with E-state index in [9.17, 15) is 18.0 Å². The van der Waals surface area contributed by atoms with Gasteiger partial charge in [-0.1, -0.05) is 6.08 Å². The van der Waals surface area contributed by atoms with Crippen LogP contribution in [0.1, 0.15) is 55.3 Å². The SMILES string of the molecule is C=CCCCCc1cc(F)cc(F)c1-c1cc(C)c(F)c([C@@H](N)CC(=O)OCC)c1.Cl. The molecule has 0 heterocycles. The van der Waals surface area contributed by atoms with Crippen molar-refractivity contribution in [2.75, 3.05) is 6.61 Å². The molecule has 170 valence electrons. The van der Waals surface area contributed by atoms with E-state index in [2.05, 4.69) is 6.58 Å². The lowest BCUT2D eigenvalue weighted by molar-refractivity contribution is -0.143. The Morgan fingerprint density at radius 2 is 1.90 bits per heavy atom. The summed E-state index contributed by atoms with van der Waals surface area (Å²) in [6, 6.07) is 4.14. The minimum absolute atomic E-state index is 0. The Labute approximate surface area is 187 Å². The fourth-order valence-electron chi connectivity index (χ4n) is 3.47. The summed E-state index contributed by atoms with van der Waals surface area (Å²) in [5, 5.41) is 0. The van der Waals surface area contributed by atoms with Gasteiger partial charge in [0.05, 0.1) is 13.0 Å². The minimum atomic E-state index is -0.942. The van der Waals surface area contributed by atoms with E-state index in [1.165, 1.54) is 18.2 Å². The molecule has 0 unspecified atom stereocenters. The van der Waals surface area contributed by atoms with Crippen LogP contribution in [0.3, 0.4) is 0 Å². The van der Waals surface area contributed by atoms with Gasteiger partial charge in [-0.15, -0.1) is 19.0 Å². The van der Waals surface area contributed by atoms with Gasteiger partial charge >= 0.3 is 5.97 Å². The van der Waals surface area contributed by atoms with Crippen molar-refractivity contribution in [1.82, 2.24) is 0 Å². The molecule has 0 aliphatic carbocycles. The molecule has 31 heavy (non-hydrogen) atoms. The first-order chi connectivity index (χ1) is 14.3. The number of carbonyl (C=O) groups excluding carboxylic acids is 1. The minimum Gasteiger partial charge on any atom is -0.466 e. The Hall–Kier alpha value is -2.31. The van der Waals surface area contributed by atoms with Crippen LogP contribution in [0.2, 0.25) is 0 Å². The predicted octanol–water partition coefficient (Wildman–Crippen LogP) is 6.35. The van der Waals surface area contributed by atoms with Crippen LogP contribution in [-0.4, -0.2) is 12.6 Å². The van der Waals surface area contributed by atoms with E-state index in [4.69, 9.17) is 10.5 Å². The summed E-state index contributed by atoms with van der Waals surface area (Å²) in [6.07, 6.45) is 4.46. The fraction of sp³-hybridized carbons (Fsp3) is 0.375. The Kier molecular flexibility index (Phi) is 10.8. The van der Waals surface area contributed by atoms with E-state index in [0.717, 1.165) is 25.3 Å². The highest BCUT2D eigenvalue weighted by Crippen LogP contribution is 2.34. The van der Waals surface area contributed by atoms with E-state index < -0.39 is 29.5 Å². The number of halogens is 4. The monoisotopic (exact) mass is 455 g/mol. The maximum absolute atomic E-state index is 14.8. The van der Waals surface area contributed by atoms with Gasteiger partial charge in [-0.25, -0.2) is 13.2 Å². The molecular weight excluding hydrogens is 427 g/mol. The average molecular weight is 456 g/mol. The summed E-state index contributed by atoms with van der Waals surface area (Å²) in [7, 11) is 0. The number of hydrogen-bond acceptors (Lipinski definition) is 3. The number of esters is 1. The first-order valence-electron chi connectivity index (χ1n) is 10.1. The van der Waals surface area contributed by atoms with Gasteiger partial charge in [-0.3, -0.25) is 4.79 Å². The molecule has 0 saturated carbocycles. The summed E-state index contributed by atoms with van der Waals surface area (Å²) in [4.78, 5) is 11.8. The standard InChI is InChI=1S/C24H28F3NO2.ClH/c1-4-6-7-8-9-16-11-18(25)13-20(26)23(16)17-10-15(3)24(27)19(12-17)21(28)14-22(29)30-5-2;/h4,10-13,21H,1,5-9,14,28H2,2-3H3;1H/t21-;/m0./s1. The number of benzene rings is 2. The van der Waals surface area contributed by atoms with E-state index in [1.54, 1.807) is 19.9 Å². The fourth-order valence-corrected chi connectivity index (χ4v) is 3.47. The molecule has 0 aliphatic heterocycles. The predicted molar refractivity (Wildman–Crippen MR) is 120 cm³/mol. The summed E-state index contributed by atoms with van der Waals surface area (Å²) in [6.45, 7) is 7.09. The summed E-state index contributed by atoms with van der Waals surface area (Å²) < 4.78 is 48.3. The second-order valence-electron chi connectivity index (χ2n) is 7.27. The van der Waals surface area contributed by atoms with E-state index >= 15 is 0 Å². The molecule has 0 spiro atoms. The lowest BCUT2D eigenvalue weighted by Crippen LogP contribution is -2.19. The highest BCUT2D eigenvalue weighted by molar-refractivity contribution is 5.85. The van der Waals surface area contributed by atoms with E-state index in [0.29, 0.717) is 17.5 Å². The molecule has 0 saturated heterocycles. The van der Waals surface area contributed by atoms with Crippen molar-refractivity contribution in [3.8, 4) is 11.1 Å². The Morgan fingerprint density at radius 1 is 1.19 bits per heavy atom. The number of carbonyl (C=O) groups is 1. The Morgan fingerprint density at radius 3 is 2.55 bits per heavy atom. The second-order valence-corrected chi connectivity index (χ2v) is 7.27. The molecule has 0 amide bonds. The van der Waals surface area contributed by atoms with Crippen molar-refractivity contribution in [3.05, 3.63) is 71.1 Å². The number of hydrogen-bond donors (Lipinski definition) is 1. The lowest BCUT2D eigenvalue weighted by atomic mass is 9.90. The molecule has 0 aromatic heterocycles. The third-order valence-corrected chi connectivity index (χ3v) is 4.90. The van der Waals surface area contributed by atoms with Crippen molar-refractivity contribution in [2.45, 2.75) is 52.0 Å². The zero-order chi connectivity index (χ0) is 22.3. The summed E-state index contributed by atoms with van der Waals surface area (Å²) in [5.74, 6) is -2.47. The van der Waals surface area contributed by atoms with Crippen molar-refractivity contribution < 1.29 is 22.7 Å². The molecule has 3 nitrogen and oxygen atoms in total. The van der Waals surface area contributed by atoms with Crippen molar-refractivity contribution >= 4 is 18.4 Å². The largest absolute Gasteiger partial charge is 0.466 e. The van der Waals surface area contributed by atoms with Gasteiger partial charge in [-0.2, -0.15) is 0 Å². The summed E-state index contributed by atoms with van der Waals surface area (Å²) >= 11 is 0. The van der Waals surface area contributed by atoms with Crippen molar-refractivity contribution in [3.63, 3.8) is 0 Å². The maximum atomic E-state index is 14.8. The highest BCUT2D eigenvalue weighted by atomic mass is 35.5. The average Bonchev–Trinajstić information content (AvgIpc) is 2.67. The molecule has 0 radical (unpaired) electrons. The molecule has 2 aromatic rings. The van der Waals surface area contributed by atoms with Crippen LogP contribution < -0.4 is 5.73 Å². The van der Waals surface area contributed by atoms with Crippen LogP contribution in [0.15, 0.2) is 36.9 Å². The van der Waals surface area contributed by atoms with Gasteiger partial charge in [0.1, 0.15) is 17.5 Å². The lowest BCUT2D eigenvalue weighted by Gasteiger charge is -2.18. The topological polar surface area (TPSA) is 52.3 Å². The number of allylic oxidation sites excluding steroid dienone is 1. The smallest absolute Gasteiger partial charge is 0.307 e. The molecule has 2 N–H and O–H groups in total. The second kappa shape index (κ2) is 12.5. The Balaban J connectivity index is 0.00000480. The number of rotatable bonds is 10. The number of ether oxygens (including phenoxy) is 1. The van der Waals surface area contributed by atoms with Gasteiger partial charge in [0.15, 0.2) is 0 Å². The highest BCUT2D eigenvalue weighted by Gasteiger charge is 2.21. The van der Waals surface area contributed by atoms with Gasteiger partial charge in [0, 0.05) is 23.2 Å². The van der Waals surface area contributed by atoms with Gasteiger partial charge in [-0.05, 0) is 74.4 Å². The number of aryl methyl sites for hydroxylation is 2. The number of nitrogens with two attached hydrogens (primary N) is 1. The van der Waals surface area contributed by atoms with Crippen LogP contribution in [0.4, 0.5) is 13.2 Å². The van der Waals surface area contributed by atoms with E-state index in [1.807, 2.05) is 0 Å². The molecule has 1 atom stereocenters. The van der Waals surface area contributed by atoms with Crippen molar-refractivity contribution in [1.29, 1.82) is 0 Å². The molecule has 0 bridgehead atoms. The Bertz CT molecular complexity index is 918. The van der Waals surface area contributed by atoms with Gasteiger partial charge in [0.25, 0.3) is 0 Å². The molecule has 0 fully saturated rings. The van der Waals surface area contributed by atoms with Gasteiger partial charge in [0.2, 0.25) is 0 Å². The molecular formula is C24H29ClF3NO2. The molecule has 2 rings (SSSR count). The van der Waals surface area contributed by atoms with Crippen LogP contribution in [-0.2, 0) is 16.0 Å². The molecule has 0 aliphatic rings. The molecule has 7 heteroatoms. The van der Waals surface area contributed by atoms with E-state index in [-0.39, 0.29) is 42.1 Å². The first-order valence-corrected chi connectivity index (χ1v) is 10.1. The first kappa shape index (κ1) is 26.7. The summed E-state index contributed by atoms with van der Waals surface area (Å²) in [5.41, 5.74) is 7.55. The van der Waals surface area contributed by atoms with Crippen LogP contribution in [0, 0.1) is 24.4 Å². The molecule has 2 aromatic carbocycles. The number of unbranched alkanes of at least 4 members (excludes halogenated alkanes) is 2. The van der Waals surface area contributed by atoms with Crippen molar-refractivity contribution in [2.24, 2.45) is 5.73 Å². The van der Waals surface area contributed by atoms with Crippen LogP contribution in [0.5, 0.6) is 0 Å². The zero-order valence-corrected chi connectivity index (χ0v) is 18.7. The zero-order valence-electron chi connectivity index (χ0n) is 17.8.